The molecule has 2 unspecified atom stereocenters. The second-order valence-electron chi connectivity index (χ2n) is 11.8. The third kappa shape index (κ3) is 9.71. The molecule has 264 valence electrons. The lowest BCUT2D eigenvalue weighted by Gasteiger charge is -2.10. The molecular formula is C39H34N10O2S2. The van der Waals surface area contributed by atoms with Gasteiger partial charge in [-0.05, 0) is 55.8 Å². The van der Waals surface area contributed by atoms with Crippen molar-refractivity contribution in [2.45, 2.75) is 44.8 Å². The van der Waals surface area contributed by atoms with Crippen molar-refractivity contribution >= 4 is 61.0 Å². The molecule has 0 spiro atoms. The van der Waals surface area contributed by atoms with Gasteiger partial charge in [-0.25, -0.2) is 29.9 Å². The summed E-state index contributed by atoms with van der Waals surface area (Å²) in [7, 11) is 0. The highest BCUT2D eigenvalue weighted by Gasteiger charge is 2.21. The fraction of sp³-hybridized carbons (Fsp3) is 0.205. The lowest BCUT2D eigenvalue weighted by molar-refractivity contribution is -0.147. The first-order valence-electron chi connectivity index (χ1n) is 16.8. The molecule has 2 atom stereocenters. The first-order valence-corrected chi connectivity index (χ1v) is 18.4. The van der Waals surface area contributed by atoms with Crippen molar-refractivity contribution < 1.29 is 9.53 Å². The van der Waals surface area contributed by atoms with Crippen LogP contribution in [-0.4, -0.2) is 48.5 Å². The maximum Gasteiger partial charge on any atom is 0.307 e. The number of para-hydroxylation sites is 2. The third-order valence-electron chi connectivity index (χ3n) is 7.59. The Morgan fingerprint density at radius 3 is 1.72 bits per heavy atom. The Balaban J connectivity index is 0.000000181. The highest BCUT2D eigenvalue weighted by Crippen LogP contribution is 2.32. The molecule has 7 rings (SSSR count). The number of carbonyl (C=O) groups is 1. The van der Waals surface area contributed by atoms with Crippen molar-refractivity contribution in [1.29, 1.82) is 10.5 Å². The van der Waals surface area contributed by atoms with E-state index in [1.165, 1.54) is 22.7 Å². The molecular weight excluding hydrogens is 705 g/mol. The van der Waals surface area contributed by atoms with Gasteiger partial charge in [-0.2, -0.15) is 10.5 Å². The third-order valence-corrected chi connectivity index (χ3v) is 9.79. The van der Waals surface area contributed by atoms with Crippen LogP contribution in [0.15, 0.2) is 103 Å². The van der Waals surface area contributed by atoms with Crippen molar-refractivity contribution in [3.05, 3.63) is 130 Å². The normalized spacial score (nSPS) is 11.9. The molecule has 7 aromatic rings. The molecule has 0 aliphatic carbocycles. The van der Waals surface area contributed by atoms with Gasteiger partial charge in [-0.1, -0.05) is 54.6 Å². The van der Waals surface area contributed by atoms with Crippen molar-refractivity contribution in [3.63, 3.8) is 0 Å². The minimum absolute atomic E-state index is 0.137. The number of nitrogens with zero attached hydrogens (tertiary/aromatic N) is 8. The van der Waals surface area contributed by atoms with Crippen LogP contribution < -0.4 is 10.6 Å². The SMILES string of the molecule is CC(C)OC(=O)CCNc1nccc(C(C#N)c2nc3ccccc3s2)n1.N#CC(c1ccnc(NCc2ccccc2)n1)c1nc2ccccc2s1. The maximum absolute atomic E-state index is 11.6. The number of nitrogens with one attached hydrogen (secondary N) is 2. The molecule has 4 heterocycles. The zero-order valence-electron chi connectivity index (χ0n) is 28.9. The van der Waals surface area contributed by atoms with Gasteiger partial charge in [-0.15, -0.1) is 22.7 Å². The lowest BCUT2D eigenvalue weighted by Crippen LogP contribution is -2.16. The number of fused-ring (bicyclic) bond motifs is 2. The molecule has 4 aromatic heterocycles. The van der Waals surface area contributed by atoms with E-state index in [1.54, 1.807) is 24.5 Å². The maximum atomic E-state index is 11.6. The summed E-state index contributed by atoms with van der Waals surface area (Å²) in [4.78, 5) is 38.1. The molecule has 0 saturated carbocycles. The molecule has 0 aliphatic rings. The van der Waals surface area contributed by atoms with Gasteiger partial charge in [0.2, 0.25) is 11.9 Å². The van der Waals surface area contributed by atoms with Crippen LogP contribution in [-0.2, 0) is 16.1 Å². The van der Waals surface area contributed by atoms with Gasteiger partial charge in [0, 0.05) is 25.5 Å². The second-order valence-corrected chi connectivity index (χ2v) is 14.0. The summed E-state index contributed by atoms with van der Waals surface area (Å²) < 4.78 is 7.18. The van der Waals surface area contributed by atoms with Crippen molar-refractivity contribution in [3.8, 4) is 12.1 Å². The standard InChI is InChI=1S/C20H15N5S.C19H19N5O2S/c21-12-15(19-24-17-8-4-5-9-18(17)26-19)16-10-11-22-20(25-16)23-13-14-6-2-1-3-7-14;1-12(2)26-17(25)8-10-22-19-21-9-7-14(24-19)13(11-20)18-23-15-5-3-4-6-16(15)27-18/h1-11,15H,13H2,(H,22,23,25);3-7,9,12-13H,8,10H2,1-2H3,(H,21,22,24). The van der Waals surface area contributed by atoms with Crippen molar-refractivity contribution in [2.24, 2.45) is 0 Å². The molecule has 0 fully saturated rings. The van der Waals surface area contributed by atoms with Gasteiger partial charge >= 0.3 is 5.97 Å². The van der Waals surface area contributed by atoms with Crippen LogP contribution in [0.1, 0.15) is 59.1 Å². The molecule has 14 heteroatoms. The summed E-state index contributed by atoms with van der Waals surface area (Å²) in [5.74, 6) is -0.485. The summed E-state index contributed by atoms with van der Waals surface area (Å²) >= 11 is 3.01. The summed E-state index contributed by atoms with van der Waals surface area (Å²) in [5.41, 5.74) is 4.14. The Labute approximate surface area is 314 Å². The Morgan fingerprint density at radius 1 is 0.698 bits per heavy atom. The van der Waals surface area contributed by atoms with Gasteiger partial charge in [0.25, 0.3) is 0 Å². The van der Waals surface area contributed by atoms with Crippen molar-refractivity contribution in [1.82, 2.24) is 29.9 Å². The summed E-state index contributed by atoms with van der Waals surface area (Å²) in [6, 6.07) is 33.8. The summed E-state index contributed by atoms with van der Waals surface area (Å²) in [6.45, 7) is 4.60. The Bertz CT molecular complexity index is 2320. The van der Waals surface area contributed by atoms with Crippen molar-refractivity contribution in [2.75, 3.05) is 17.2 Å². The molecule has 0 bridgehead atoms. The predicted octanol–water partition coefficient (Wildman–Crippen LogP) is 7.85. The zero-order chi connectivity index (χ0) is 37.0. The number of anilines is 2. The number of carbonyl (C=O) groups excluding carboxylic acids is 1. The number of rotatable bonds is 12. The molecule has 0 aliphatic heterocycles. The van der Waals surface area contributed by atoms with Crippen LogP contribution in [0.4, 0.5) is 11.9 Å². The van der Waals surface area contributed by atoms with E-state index in [2.05, 4.69) is 52.7 Å². The van der Waals surface area contributed by atoms with Crippen LogP contribution in [0.5, 0.6) is 0 Å². The van der Waals surface area contributed by atoms with E-state index in [9.17, 15) is 15.3 Å². The molecule has 0 radical (unpaired) electrons. The highest BCUT2D eigenvalue weighted by atomic mass is 32.1. The second kappa shape index (κ2) is 17.7. The summed E-state index contributed by atoms with van der Waals surface area (Å²) in [6.07, 6.45) is 3.34. The lowest BCUT2D eigenvalue weighted by atomic mass is 10.1. The van der Waals surface area contributed by atoms with E-state index < -0.39 is 11.8 Å². The van der Waals surface area contributed by atoms with Gasteiger partial charge in [-0.3, -0.25) is 4.79 Å². The molecule has 12 nitrogen and oxygen atoms in total. The highest BCUT2D eigenvalue weighted by molar-refractivity contribution is 7.19. The van der Waals surface area contributed by atoms with Gasteiger partial charge in [0.05, 0.1) is 56.5 Å². The van der Waals surface area contributed by atoms with E-state index in [0.717, 1.165) is 31.0 Å². The number of hydrogen-bond donors (Lipinski definition) is 2. The fourth-order valence-corrected chi connectivity index (χ4v) is 7.19. The molecule has 2 N–H and O–H groups in total. The fourth-order valence-electron chi connectivity index (χ4n) is 5.14. The quantitative estimate of drug-likeness (QED) is 0.116. The minimum Gasteiger partial charge on any atom is -0.463 e. The number of esters is 1. The van der Waals surface area contributed by atoms with E-state index >= 15 is 0 Å². The van der Waals surface area contributed by atoms with Crippen LogP contribution in [0.2, 0.25) is 0 Å². The van der Waals surface area contributed by atoms with Crippen LogP contribution in [0.25, 0.3) is 20.4 Å². The number of benzene rings is 3. The van der Waals surface area contributed by atoms with Gasteiger partial charge in [0.15, 0.2) is 0 Å². The molecule has 0 amide bonds. The van der Waals surface area contributed by atoms with Gasteiger partial charge in [0.1, 0.15) is 21.9 Å². The van der Waals surface area contributed by atoms with Crippen LogP contribution >= 0.6 is 22.7 Å². The van der Waals surface area contributed by atoms with E-state index in [1.807, 2.05) is 92.7 Å². The number of ether oxygens (including phenoxy) is 1. The number of aromatic nitrogens is 6. The average Bonchev–Trinajstić information content (AvgIpc) is 3.80. The predicted molar refractivity (Wildman–Crippen MR) is 206 cm³/mol. The minimum atomic E-state index is -0.572. The topological polar surface area (TPSA) is 175 Å². The first kappa shape index (κ1) is 36.4. The van der Waals surface area contributed by atoms with Gasteiger partial charge < -0.3 is 15.4 Å². The smallest absolute Gasteiger partial charge is 0.307 e. The van der Waals surface area contributed by atoms with E-state index in [4.69, 9.17) is 4.74 Å². The molecule has 3 aromatic carbocycles. The monoisotopic (exact) mass is 738 g/mol. The molecule has 0 saturated heterocycles. The number of nitriles is 2. The first-order chi connectivity index (χ1) is 25.9. The Morgan fingerprint density at radius 2 is 1.21 bits per heavy atom. The Kier molecular flexibility index (Phi) is 12.2. The molecule has 53 heavy (non-hydrogen) atoms. The Hall–Kier alpha value is -6.35. The number of thiazole rings is 2. The summed E-state index contributed by atoms with van der Waals surface area (Å²) in [5, 5.41) is 27.0. The van der Waals surface area contributed by atoms with E-state index in [0.29, 0.717) is 41.4 Å². The number of hydrogen-bond acceptors (Lipinski definition) is 14. The van der Waals surface area contributed by atoms with E-state index in [-0.39, 0.29) is 18.5 Å². The van der Waals surface area contributed by atoms with Crippen LogP contribution in [0.3, 0.4) is 0 Å². The average molecular weight is 739 g/mol. The largest absolute Gasteiger partial charge is 0.463 e. The zero-order valence-corrected chi connectivity index (χ0v) is 30.5. The van der Waals surface area contributed by atoms with Crippen LogP contribution in [0, 0.1) is 22.7 Å².